The molecule has 7 heteroatoms. The average Bonchev–Trinajstić information content (AvgIpc) is 2.66. The Kier molecular flexibility index (Phi) is 7.08. The van der Waals surface area contributed by atoms with Crippen molar-refractivity contribution in [3.8, 4) is 5.75 Å². The van der Waals surface area contributed by atoms with E-state index in [1.54, 1.807) is 25.3 Å². The van der Waals surface area contributed by atoms with Crippen molar-refractivity contribution in [1.29, 1.82) is 0 Å². The maximum Gasteiger partial charge on any atom is 0.276 e. The van der Waals surface area contributed by atoms with E-state index in [1.807, 2.05) is 43.3 Å². The van der Waals surface area contributed by atoms with E-state index in [4.69, 9.17) is 4.74 Å². The van der Waals surface area contributed by atoms with Gasteiger partial charge in [-0.25, -0.2) is 0 Å². The standard InChI is InChI=1S/C20H23N3O4/c1-22(2)19(16-8-6-9-17(13-16)27-3)14-21-20(24)12-11-15-7-4-5-10-18(15)23(25)26/h4-13,19H,14H2,1-3H3,(H,21,24)/b12-11+/t19-/m0/s1. The Bertz CT molecular complexity index is 833. The van der Waals surface area contributed by atoms with Gasteiger partial charge in [-0.05, 0) is 43.9 Å². The number of para-hydroxylation sites is 1. The molecular formula is C20H23N3O4. The Morgan fingerprint density at radius 1 is 1.26 bits per heavy atom. The van der Waals surface area contributed by atoms with Crippen LogP contribution in [0.3, 0.4) is 0 Å². The highest BCUT2D eigenvalue weighted by atomic mass is 16.6. The number of nitro groups is 1. The number of carbonyl (C=O) groups is 1. The SMILES string of the molecule is COc1cccc([C@H](CNC(=O)/C=C/c2ccccc2[N+](=O)[O-])N(C)C)c1. The molecule has 1 amide bonds. The Morgan fingerprint density at radius 2 is 2.00 bits per heavy atom. The fraction of sp³-hybridized carbons (Fsp3) is 0.250. The zero-order valence-corrected chi connectivity index (χ0v) is 15.6. The van der Waals surface area contributed by atoms with Gasteiger partial charge in [0.05, 0.1) is 23.6 Å². The maximum atomic E-state index is 12.2. The fourth-order valence-electron chi connectivity index (χ4n) is 2.66. The van der Waals surface area contributed by atoms with E-state index in [1.165, 1.54) is 18.2 Å². The number of nitrogens with zero attached hydrogens (tertiary/aromatic N) is 2. The number of amides is 1. The normalized spacial score (nSPS) is 12.1. The highest BCUT2D eigenvalue weighted by molar-refractivity contribution is 5.92. The van der Waals surface area contributed by atoms with Crippen molar-refractivity contribution in [3.63, 3.8) is 0 Å². The van der Waals surface area contributed by atoms with Crippen LogP contribution in [0.25, 0.3) is 6.08 Å². The zero-order chi connectivity index (χ0) is 19.8. The van der Waals surface area contributed by atoms with Gasteiger partial charge in [0, 0.05) is 18.7 Å². The largest absolute Gasteiger partial charge is 0.497 e. The second kappa shape index (κ2) is 9.49. The summed E-state index contributed by atoms with van der Waals surface area (Å²) in [4.78, 5) is 24.7. The smallest absolute Gasteiger partial charge is 0.276 e. The van der Waals surface area contributed by atoms with Crippen molar-refractivity contribution in [3.05, 3.63) is 75.8 Å². The van der Waals surface area contributed by atoms with Crippen LogP contribution in [0.5, 0.6) is 5.75 Å². The van der Waals surface area contributed by atoms with Crippen molar-refractivity contribution >= 4 is 17.7 Å². The third kappa shape index (κ3) is 5.65. The van der Waals surface area contributed by atoms with E-state index >= 15 is 0 Å². The average molecular weight is 369 g/mol. The first-order valence-electron chi connectivity index (χ1n) is 8.42. The van der Waals surface area contributed by atoms with E-state index in [9.17, 15) is 14.9 Å². The van der Waals surface area contributed by atoms with Gasteiger partial charge in [0.1, 0.15) is 5.75 Å². The lowest BCUT2D eigenvalue weighted by atomic mass is 10.1. The highest BCUT2D eigenvalue weighted by Crippen LogP contribution is 2.22. The van der Waals surface area contributed by atoms with Gasteiger partial charge in [-0.1, -0.05) is 24.3 Å². The molecule has 2 aromatic rings. The predicted molar refractivity (Wildman–Crippen MR) is 105 cm³/mol. The summed E-state index contributed by atoms with van der Waals surface area (Å²) in [5, 5.41) is 13.9. The topological polar surface area (TPSA) is 84.7 Å². The van der Waals surface area contributed by atoms with Crippen LogP contribution in [0.2, 0.25) is 0 Å². The predicted octanol–water partition coefficient (Wildman–Crippen LogP) is 3.04. The first-order valence-corrected chi connectivity index (χ1v) is 8.42. The number of rotatable bonds is 8. The summed E-state index contributed by atoms with van der Waals surface area (Å²) >= 11 is 0. The number of hydrogen-bond donors (Lipinski definition) is 1. The molecular weight excluding hydrogens is 346 g/mol. The molecule has 7 nitrogen and oxygen atoms in total. The third-order valence-corrected chi connectivity index (χ3v) is 4.12. The van der Waals surface area contributed by atoms with Crippen LogP contribution in [0.1, 0.15) is 17.2 Å². The number of nitro benzene ring substituents is 1. The minimum absolute atomic E-state index is 0.0379. The molecule has 2 rings (SSSR count). The minimum Gasteiger partial charge on any atom is -0.497 e. The maximum absolute atomic E-state index is 12.2. The minimum atomic E-state index is -0.470. The van der Waals surface area contributed by atoms with Gasteiger partial charge < -0.3 is 15.0 Å². The van der Waals surface area contributed by atoms with Crippen LogP contribution in [0, 0.1) is 10.1 Å². The second-order valence-corrected chi connectivity index (χ2v) is 6.15. The Morgan fingerprint density at radius 3 is 2.67 bits per heavy atom. The molecule has 0 fully saturated rings. The molecule has 142 valence electrons. The molecule has 2 aromatic carbocycles. The van der Waals surface area contributed by atoms with Crippen LogP contribution in [0.4, 0.5) is 5.69 Å². The van der Waals surface area contributed by atoms with Crippen molar-refractivity contribution in [2.24, 2.45) is 0 Å². The number of hydrogen-bond acceptors (Lipinski definition) is 5. The van der Waals surface area contributed by atoms with Crippen molar-refractivity contribution in [1.82, 2.24) is 10.2 Å². The number of likely N-dealkylation sites (N-methyl/N-ethyl adjacent to an activating group) is 1. The summed E-state index contributed by atoms with van der Waals surface area (Å²) in [7, 11) is 5.47. The highest BCUT2D eigenvalue weighted by Gasteiger charge is 2.16. The fourth-order valence-corrected chi connectivity index (χ4v) is 2.66. The van der Waals surface area contributed by atoms with Gasteiger partial charge >= 0.3 is 0 Å². The number of ether oxygens (including phenoxy) is 1. The first-order chi connectivity index (χ1) is 12.9. The van der Waals surface area contributed by atoms with Crippen molar-refractivity contribution in [2.45, 2.75) is 6.04 Å². The lowest BCUT2D eigenvalue weighted by Crippen LogP contribution is -2.33. The Hall–Kier alpha value is -3.19. The van der Waals surface area contributed by atoms with E-state index in [-0.39, 0.29) is 17.6 Å². The summed E-state index contributed by atoms with van der Waals surface area (Å²) in [6.07, 6.45) is 2.75. The number of nitrogens with one attached hydrogen (secondary N) is 1. The van der Waals surface area contributed by atoms with Gasteiger partial charge in [-0.3, -0.25) is 14.9 Å². The molecule has 0 aromatic heterocycles. The molecule has 0 saturated heterocycles. The first kappa shape index (κ1) is 20.1. The molecule has 0 radical (unpaired) electrons. The van der Waals surface area contributed by atoms with Crippen LogP contribution in [-0.4, -0.2) is 43.5 Å². The number of methoxy groups -OCH3 is 1. The molecule has 27 heavy (non-hydrogen) atoms. The summed E-state index contributed by atoms with van der Waals surface area (Å²) in [6, 6.07) is 13.9. The molecule has 0 aliphatic rings. The Labute approximate surface area is 158 Å². The Balaban J connectivity index is 2.05. The molecule has 0 heterocycles. The van der Waals surface area contributed by atoms with Gasteiger partial charge in [-0.15, -0.1) is 0 Å². The van der Waals surface area contributed by atoms with Crippen LogP contribution < -0.4 is 10.1 Å². The molecule has 0 saturated carbocycles. The lowest BCUT2D eigenvalue weighted by Gasteiger charge is -2.25. The second-order valence-electron chi connectivity index (χ2n) is 6.15. The molecule has 1 N–H and O–H groups in total. The quantitative estimate of drug-likeness (QED) is 0.439. The van der Waals surface area contributed by atoms with E-state index in [0.717, 1.165) is 11.3 Å². The molecule has 0 bridgehead atoms. The van der Waals surface area contributed by atoms with E-state index < -0.39 is 4.92 Å². The monoisotopic (exact) mass is 369 g/mol. The summed E-state index contributed by atoms with van der Waals surface area (Å²) < 4.78 is 5.26. The van der Waals surface area contributed by atoms with Crippen LogP contribution in [0.15, 0.2) is 54.6 Å². The molecule has 0 unspecified atom stereocenters. The third-order valence-electron chi connectivity index (χ3n) is 4.12. The summed E-state index contributed by atoms with van der Waals surface area (Å²) in [6.45, 7) is 0.389. The lowest BCUT2D eigenvalue weighted by molar-refractivity contribution is -0.385. The van der Waals surface area contributed by atoms with Crippen molar-refractivity contribution in [2.75, 3.05) is 27.7 Å². The van der Waals surface area contributed by atoms with Gasteiger partial charge in [-0.2, -0.15) is 0 Å². The summed E-state index contributed by atoms with van der Waals surface area (Å²) in [5.74, 6) is 0.435. The molecule has 0 aliphatic heterocycles. The molecule has 1 atom stereocenters. The number of benzene rings is 2. The van der Waals surface area contributed by atoms with Crippen molar-refractivity contribution < 1.29 is 14.5 Å². The van der Waals surface area contributed by atoms with Gasteiger partial charge in [0.15, 0.2) is 0 Å². The summed E-state index contributed by atoms with van der Waals surface area (Å²) in [5.41, 5.74) is 1.36. The zero-order valence-electron chi connectivity index (χ0n) is 15.6. The van der Waals surface area contributed by atoms with E-state index in [2.05, 4.69) is 5.32 Å². The van der Waals surface area contributed by atoms with Gasteiger partial charge in [0.25, 0.3) is 5.69 Å². The molecule has 0 spiro atoms. The number of carbonyl (C=O) groups excluding carboxylic acids is 1. The van der Waals surface area contributed by atoms with Gasteiger partial charge in [0.2, 0.25) is 5.91 Å². The van der Waals surface area contributed by atoms with E-state index in [0.29, 0.717) is 12.1 Å². The molecule has 0 aliphatic carbocycles. The van der Waals surface area contributed by atoms with Crippen LogP contribution >= 0.6 is 0 Å². The van der Waals surface area contributed by atoms with Crippen LogP contribution in [-0.2, 0) is 4.79 Å².